The Labute approximate surface area is 329 Å². The van der Waals surface area contributed by atoms with Crippen LogP contribution in [0, 0.1) is 0 Å². The number of nitrogens with zero attached hydrogens (tertiary/aromatic N) is 7. The van der Waals surface area contributed by atoms with Crippen molar-refractivity contribution in [2.75, 3.05) is 31.6 Å². The number of hydrogen-bond acceptors (Lipinski definition) is 10. The smallest absolute Gasteiger partial charge is 0.410 e. The van der Waals surface area contributed by atoms with Crippen molar-refractivity contribution in [2.45, 2.75) is 128 Å². The SMILES string of the molecule is CC(C)(C)OC(=O)N1[C@@H]2CC[C@H]1C[C@@H](c1cc(N(COCC[Si](C)(C)C)COCC[Si](C)(C)C)n3ncc(-c4ccc(-c5ncc(C(F)F)s5)nc4)c3n1)C2. The molecule has 11 nitrogen and oxygen atoms in total. The number of hydrogen-bond donors (Lipinski definition) is 0. The van der Waals surface area contributed by atoms with E-state index < -0.39 is 28.2 Å². The quantitative estimate of drug-likeness (QED) is 0.0659. The number of fused-ring (bicyclic) bond motifs is 3. The van der Waals surface area contributed by atoms with Gasteiger partial charge in [0.25, 0.3) is 6.43 Å². The standard InChI is InChI=1S/C39H57F2N7O4SSi2/c1-39(2,3)52-38(49)47-28-11-12-29(47)19-27(18-28)32-20-34(46(24-50-14-16-54(4,5)6)25-51-15-17-55(7,8)9)48-36(45-32)30(22-44-48)26-10-13-31(42-21-26)37-43-23-33(53-37)35(40)41/h10,13,20-23,27-29,35H,11-12,14-19,24-25H2,1-9H3/t27-,28+,29-. The van der Waals surface area contributed by atoms with Gasteiger partial charge >= 0.3 is 6.09 Å². The molecule has 4 aromatic rings. The van der Waals surface area contributed by atoms with Crippen LogP contribution in [-0.4, -0.2) is 96.1 Å². The van der Waals surface area contributed by atoms with E-state index in [2.05, 4.69) is 60.2 Å². The summed E-state index contributed by atoms with van der Waals surface area (Å²) >= 11 is 0.941. The van der Waals surface area contributed by atoms with Crippen molar-refractivity contribution < 1.29 is 27.8 Å². The largest absolute Gasteiger partial charge is 0.444 e. The summed E-state index contributed by atoms with van der Waals surface area (Å²) < 4.78 is 46.9. The molecule has 4 aromatic heterocycles. The van der Waals surface area contributed by atoms with Crippen LogP contribution < -0.4 is 4.90 Å². The molecule has 0 unspecified atom stereocenters. The zero-order valence-electron chi connectivity index (χ0n) is 33.8. The molecular weight excluding hydrogens is 757 g/mol. The number of piperidine rings is 1. The van der Waals surface area contributed by atoms with E-state index in [9.17, 15) is 13.6 Å². The van der Waals surface area contributed by atoms with Crippen LogP contribution in [0.2, 0.25) is 51.4 Å². The molecule has 0 radical (unpaired) electrons. The predicted molar refractivity (Wildman–Crippen MR) is 220 cm³/mol. The monoisotopic (exact) mass is 813 g/mol. The van der Waals surface area contributed by atoms with Gasteiger partial charge in [0.1, 0.15) is 29.9 Å². The van der Waals surface area contributed by atoms with Crippen LogP contribution in [0.3, 0.4) is 0 Å². The summed E-state index contributed by atoms with van der Waals surface area (Å²) in [6.45, 7) is 21.8. The van der Waals surface area contributed by atoms with Crippen LogP contribution in [0.25, 0.3) is 27.5 Å². The summed E-state index contributed by atoms with van der Waals surface area (Å²) in [6, 6.07) is 8.08. The molecule has 1 amide bonds. The summed E-state index contributed by atoms with van der Waals surface area (Å²) in [5, 5.41) is 5.32. The first-order valence-electron chi connectivity index (χ1n) is 19.4. The summed E-state index contributed by atoms with van der Waals surface area (Å²) in [5.74, 6) is 0.931. The molecule has 2 aliphatic rings. The lowest BCUT2D eigenvalue weighted by molar-refractivity contribution is 0.00568. The first kappa shape index (κ1) is 41.3. The number of thiazole rings is 1. The average molecular weight is 814 g/mol. The Morgan fingerprint density at radius 2 is 1.58 bits per heavy atom. The Morgan fingerprint density at radius 3 is 2.11 bits per heavy atom. The lowest BCUT2D eigenvalue weighted by Gasteiger charge is -2.39. The zero-order chi connectivity index (χ0) is 39.7. The minimum absolute atomic E-state index is 0.0727. The van der Waals surface area contributed by atoms with Gasteiger partial charge < -0.3 is 24.0 Å². The van der Waals surface area contributed by atoms with E-state index in [4.69, 9.17) is 24.3 Å². The Bertz CT molecular complexity index is 1890. The number of amides is 1. The van der Waals surface area contributed by atoms with E-state index in [1.54, 1.807) is 18.5 Å². The minimum Gasteiger partial charge on any atom is -0.444 e. The number of carbonyl (C=O) groups is 1. The summed E-state index contributed by atoms with van der Waals surface area (Å²) in [7, 11) is -2.62. The Morgan fingerprint density at radius 1 is 0.945 bits per heavy atom. The molecular formula is C39H57F2N7O4SSi2. The van der Waals surface area contributed by atoms with Crippen molar-refractivity contribution in [2.24, 2.45) is 0 Å². The second-order valence-corrected chi connectivity index (χ2v) is 30.6. The third-order valence-corrected chi connectivity index (χ3v) is 14.5. The molecule has 2 aliphatic heterocycles. The molecule has 0 aromatic carbocycles. The minimum atomic E-state index is -2.57. The normalized spacial score (nSPS) is 19.1. The van der Waals surface area contributed by atoms with Gasteiger partial charge in [0.15, 0.2) is 5.65 Å². The highest BCUT2D eigenvalue weighted by Gasteiger charge is 2.45. The third-order valence-electron chi connectivity index (χ3n) is 10.1. The topological polar surface area (TPSA) is 107 Å². The van der Waals surface area contributed by atoms with E-state index in [0.717, 1.165) is 71.7 Å². The highest BCUT2D eigenvalue weighted by molar-refractivity contribution is 7.15. The maximum Gasteiger partial charge on any atom is 0.410 e. The van der Waals surface area contributed by atoms with E-state index >= 15 is 0 Å². The third kappa shape index (κ3) is 10.6. The van der Waals surface area contributed by atoms with E-state index in [1.807, 2.05) is 36.3 Å². The molecule has 0 aliphatic carbocycles. The van der Waals surface area contributed by atoms with E-state index in [1.165, 1.54) is 6.20 Å². The fourth-order valence-electron chi connectivity index (χ4n) is 7.10. The number of halogens is 2. The number of anilines is 1. The van der Waals surface area contributed by atoms with Crippen molar-refractivity contribution in [1.29, 1.82) is 0 Å². The zero-order valence-corrected chi connectivity index (χ0v) is 36.6. The predicted octanol–water partition coefficient (Wildman–Crippen LogP) is 9.93. The summed E-state index contributed by atoms with van der Waals surface area (Å²) in [4.78, 5) is 31.4. The first-order chi connectivity index (χ1) is 25.8. The van der Waals surface area contributed by atoms with Gasteiger partial charge in [-0.3, -0.25) is 4.98 Å². The van der Waals surface area contributed by atoms with Gasteiger partial charge in [-0.2, -0.15) is 9.61 Å². The molecule has 2 fully saturated rings. The number of alkyl halides is 2. The second-order valence-electron chi connectivity index (χ2n) is 18.3. The van der Waals surface area contributed by atoms with Crippen molar-refractivity contribution in [3.63, 3.8) is 0 Å². The van der Waals surface area contributed by atoms with Gasteiger partial charge in [0.05, 0.1) is 16.8 Å². The number of ether oxygens (including phenoxy) is 3. The lowest BCUT2D eigenvalue weighted by Crippen LogP contribution is -2.48. The number of carbonyl (C=O) groups excluding carboxylic acids is 1. The molecule has 0 spiro atoms. The second kappa shape index (κ2) is 16.7. The van der Waals surface area contributed by atoms with Crippen molar-refractivity contribution in [1.82, 2.24) is 29.5 Å². The highest BCUT2D eigenvalue weighted by Crippen LogP contribution is 2.44. The fraction of sp³-hybridized carbons (Fsp3) is 0.615. The molecule has 16 heteroatoms. The molecule has 3 atom stereocenters. The van der Waals surface area contributed by atoms with Crippen LogP contribution in [0.15, 0.2) is 36.8 Å². The fourth-order valence-corrected chi connectivity index (χ4v) is 9.36. The van der Waals surface area contributed by atoms with Crippen LogP contribution in [0.1, 0.15) is 69.4 Å². The Hall–Kier alpha value is -3.32. The Balaban J connectivity index is 1.36. The highest BCUT2D eigenvalue weighted by atomic mass is 32.1. The molecule has 55 heavy (non-hydrogen) atoms. The van der Waals surface area contributed by atoms with E-state index in [-0.39, 0.29) is 29.0 Å². The molecule has 0 N–H and O–H groups in total. The summed E-state index contributed by atoms with van der Waals surface area (Å²) in [6.07, 6.45) is 5.36. The molecule has 0 saturated carbocycles. The lowest BCUT2D eigenvalue weighted by atomic mass is 9.88. The molecule has 6 heterocycles. The number of rotatable bonds is 15. The molecule has 300 valence electrons. The van der Waals surface area contributed by atoms with Gasteiger partial charge in [-0.25, -0.2) is 23.5 Å². The van der Waals surface area contributed by atoms with Crippen LogP contribution in [0.5, 0.6) is 0 Å². The van der Waals surface area contributed by atoms with Gasteiger partial charge in [-0.15, -0.1) is 11.3 Å². The van der Waals surface area contributed by atoms with Crippen molar-refractivity contribution in [3.05, 3.63) is 47.4 Å². The number of pyridine rings is 1. The molecule has 2 saturated heterocycles. The Kier molecular flexibility index (Phi) is 12.5. The van der Waals surface area contributed by atoms with Gasteiger partial charge in [-0.1, -0.05) is 45.3 Å². The first-order valence-corrected chi connectivity index (χ1v) is 27.6. The van der Waals surface area contributed by atoms with Crippen LogP contribution in [-0.2, 0) is 14.2 Å². The maximum atomic E-state index is 13.3. The molecule has 2 bridgehead atoms. The van der Waals surface area contributed by atoms with Crippen molar-refractivity contribution >= 4 is 45.0 Å². The van der Waals surface area contributed by atoms with Gasteiger partial charge in [0, 0.05) is 82.6 Å². The van der Waals surface area contributed by atoms with Crippen LogP contribution in [0.4, 0.5) is 19.4 Å². The maximum absolute atomic E-state index is 13.3. The molecule has 6 rings (SSSR count). The summed E-state index contributed by atoms with van der Waals surface area (Å²) in [5.41, 5.74) is 3.16. The average Bonchev–Trinajstić information content (AvgIpc) is 3.82. The van der Waals surface area contributed by atoms with Gasteiger partial charge in [-0.05, 0) is 64.6 Å². The van der Waals surface area contributed by atoms with Crippen LogP contribution >= 0.6 is 11.3 Å². The number of aromatic nitrogens is 5. The van der Waals surface area contributed by atoms with Crippen molar-refractivity contribution in [3.8, 4) is 21.8 Å². The van der Waals surface area contributed by atoms with E-state index in [0.29, 0.717) is 43.0 Å². The van der Waals surface area contributed by atoms with Gasteiger partial charge in [0.2, 0.25) is 0 Å².